The van der Waals surface area contributed by atoms with E-state index in [1.165, 1.54) is 11.1 Å². The zero-order valence-electron chi connectivity index (χ0n) is 30.5. The molecule has 4 aliphatic rings. The highest BCUT2D eigenvalue weighted by Crippen LogP contribution is 2.38. The summed E-state index contributed by atoms with van der Waals surface area (Å²) in [4.78, 5) is 44.9. The molecule has 3 N–H and O–H groups in total. The van der Waals surface area contributed by atoms with Gasteiger partial charge in [-0.2, -0.15) is 0 Å². The van der Waals surface area contributed by atoms with Gasteiger partial charge in [0.25, 0.3) is 11.8 Å². The van der Waals surface area contributed by atoms with Gasteiger partial charge in [-0.1, -0.05) is 61.5 Å². The van der Waals surface area contributed by atoms with Crippen molar-refractivity contribution in [1.82, 2.24) is 15.1 Å². The summed E-state index contributed by atoms with van der Waals surface area (Å²) in [6.45, 7) is 7.58. The number of imide groups is 1. The van der Waals surface area contributed by atoms with Crippen LogP contribution in [0.15, 0.2) is 97.1 Å². The van der Waals surface area contributed by atoms with Crippen molar-refractivity contribution in [1.29, 1.82) is 0 Å². The van der Waals surface area contributed by atoms with Crippen molar-refractivity contribution in [3.63, 3.8) is 0 Å². The summed E-state index contributed by atoms with van der Waals surface area (Å²) in [5, 5.41) is 22.1. The number of piperidine rings is 1. The van der Waals surface area contributed by atoms with Gasteiger partial charge in [-0.25, -0.2) is 0 Å². The number of nitrogens with zero attached hydrogens (tertiary/aromatic N) is 3. The first-order valence-corrected chi connectivity index (χ1v) is 19.1. The van der Waals surface area contributed by atoms with Crippen LogP contribution in [0.4, 0.5) is 5.69 Å². The highest BCUT2D eigenvalue weighted by Gasteiger charge is 2.45. The second kappa shape index (κ2) is 15.1. The van der Waals surface area contributed by atoms with Crippen LogP contribution in [0.3, 0.4) is 0 Å². The first-order valence-electron chi connectivity index (χ1n) is 19.1. The number of allylic oxidation sites excluding steroid dienone is 1. The number of ether oxygens (including phenoxy) is 1. The summed E-state index contributed by atoms with van der Waals surface area (Å²) in [5.41, 5.74) is 7.33. The number of aliphatic hydroxyl groups excluding tert-OH is 1. The SMILES string of the molecule is CC/C(=C(\c1ccc(O)cc1)c1ccc(OCCCN2CC3CN(c4ccc5c(c4)C(=O)N(C4CCC(O)NC4=O)C5=O)CC3C2)cc1)c1ccccc1. The number of phenols is 1. The Morgan fingerprint density at radius 1 is 0.778 bits per heavy atom. The average molecular weight is 727 g/mol. The molecule has 0 spiro atoms. The minimum atomic E-state index is -0.950. The summed E-state index contributed by atoms with van der Waals surface area (Å²) < 4.78 is 6.20. The van der Waals surface area contributed by atoms with E-state index in [4.69, 9.17) is 4.74 Å². The molecule has 4 unspecified atom stereocenters. The van der Waals surface area contributed by atoms with Gasteiger partial charge in [0.1, 0.15) is 23.8 Å². The zero-order valence-corrected chi connectivity index (χ0v) is 30.5. The number of fused-ring (bicyclic) bond motifs is 2. The van der Waals surface area contributed by atoms with Crippen LogP contribution in [0.5, 0.6) is 11.5 Å². The number of anilines is 1. The fourth-order valence-corrected chi connectivity index (χ4v) is 8.74. The maximum absolute atomic E-state index is 13.4. The summed E-state index contributed by atoms with van der Waals surface area (Å²) >= 11 is 0. The number of benzene rings is 4. The van der Waals surface area contributed by atoms with E-state index in [1.807, 2.05) is 42.5 Å². The van der Waals surface area contributed by atoms with E-state index < -0.39 is 30.0 Å². The summed E-state index contributed by atoms with van der Waals surface area (Å²) in [6, 6.07) is 30.7. The Labute approximate surface area is 315 Å². The predicted octanol–water partition coefficient (Wildman–Crippen LogP) is 5.79. The maximum atomic E-state index is 13.4. The molecule has 3 saturated heterocycles. The maximum Gasteiger partial charge on any atom is 0.262 e. The Hall–Kier alpha value is -5.45. The number of carbonyl (C=O) groups excluding carboxylic acids is 3. The molecular formula is C44H46N4O6. The van der Waals surface area contributed by atoms with Gasteiger partial charge in [0.15, 0.2) is 0 Å². The lowest BCUT2D eigenvalue weighted by atomic mass is 9.88. The molecule has 10 heteroatoms. The van der Waals surface area contributed by atoms with E-state index in [2.05, 4.69) is 58.4 Å². The molecule has 0 bridgehead atoms. The lowest BCUT2D eigenvalue weighted by molar-refractivity contribution is -0.131. The van der Waals surface area contributed by atoms with Gasteiger partial charge in [-0.15, -0.1) is 0 Å². The fraction of sp³-hybridized carbons (Fsp3) is 0.341. The van der Waals surface area contributed by atoms with E-state index in [0.717, 1.165) is 78.6 Å². The number of amides is 3. The Kier molecular flexibility index (Phi) is 9.96. The third-order valence-corrected chi connectivity index (χ3v) is 11.4. The lowest BCUT2D eigenvalue weighted by Gasteiger charge is -2.31. The first-order chi connectivity index (χ1) is 26.3. The van der Waals surface area contributed by atoms with Crippen molar-refractivity contribution in [3.05, 3.63) is 125 Å². The van der Waals surface area contributed by atoms with Crippen molar-refractivity contribution < 1.29 is 29.3 Å². The van der Waals surface area contributed by atoms with Crippen LogP contribution in [-0.4, -0.2) is 89.3 Å². The average Bonchev–Trinajstić information content (AvgIpc) is 3.83. The molecule has 0 aromatic heterocycles. The molecule has 278 valence electrons. The molecule has 4 aliphatic heterocycles. The molecule has 4 heterocycles. The summed E-state index contributed by atoms with van der Waals surface area (Å²) in [7, 11) is 0. The molecular weight excluding hydrogens is 681 g/mol. The fourth-order valence-electron chi connectivity index (χ4n) is 8.74. The summed E-state index contributed by atoms with van der Waals surface area (Å²) in [6.07, 6.45) is 1.37. The number of hydrogen-bond donors (Lipinski definition) is 3. The second-order valence-corrected chi connectivity index (χ2v) is 14.9. The number of rotatable bonds is 11. The number of hydrogen-bond acceptors (Lipinski definition) is 8. The smallest absolute Gasteiger partial charge is 0.262 e. The quantitative estimate of drug-likeness (QED) is 0.101. The van der Waals surface area contributed by atoms with E-state index in [9.17, 15) is 24.6 Å². The molecule has 54 heavy (non-hydrogen) atoms. The second-order valence-electron chi connectivity index (χ2n) is 14.9. The van der Waals surface area contributed by atoms with E-state index in [-0.39, 0.29) is 12.2 Å². The van der Waals surface area contributed by atoms with Crippen LogP contribution in [0.1, 0.15) is 70.0 Å². The van der Waals surface area contributed by atoms with E-state index in [0.29, 0.717) is 36.0 Å². The Bertz CT molecular complexity index is 2050. The van der Waals surface area contributed by atoms with Crippen LogP contribution in [-0.2, 0) is 4.79 Å². The van der Waals surface area contributed by atoms with Gasteiger partial charge in [0, 0.05) is 38.4 Å². The topological polar surface area (TPSA) is 123 Å². The molecule has 3 fully saturated rings. The van der Waals surface area contributed by atoms with Crippen molar-refractivity contribution >= 4 is 34.6 Å². The molecule has 4 aromatic carbocycles. The zero-order chi connectivity index (χ0) is 37.3. The molecule has 3 amide bonds. The normalized spacial score (nSPS) is 23.0. The van der Waals surface area contributed by atoms with Crippen LogP contribution in [0.2, 0.25) is 0 Å². The van der Waals surface area contributed by atoms with Crippen LogP contribution in [0.25, 0.3) is 11.1 Å². The molecule has 0 saturated carbocycles. The number of aliphatic hydroxyl groups is 1. The number of carbonyl (C=O) groups is 3. The number of phenolic OH excluding ortho intramolecular Hbond substituents is 1. The molecule has 4 atom stereocenters. The third-order valence-electron chi connectivity index (χ3n) is 11.4. The van der Waals surface area contributed by atoms with E-state index in [1.54, 1.807) is 18.2 Å². The van der Waals surface area contributed by atoms with Crippen LogP contribution >= 0.6 is 0 Å². The highest BCUT2D eigenvalue weighted by atomic mass is 16.5. The molecule has 4 aromatic rings. The minimum absolute atomic E-state index is 0.244. The van der Waals surface area contributed by atoms with Gasteiger partial charge in [-0.3, -0.25) is 19.3 Å². The largest absolute Gasteiger partial charge is 0.508 e. The number of likely N-dealkylation sites (tertiary alicyclic amines) is 1. The molecule has 0 radical (unpaired) electrons. The Balaban J connectivity index is 0.839. The number of nitrogens with one attached hydrogen (secondary N) is 1. The number of aromatic hydroxyl groups is 1. The highest BCUT2D eigenvalue weighted by molar-refractivity contribution is 6.23. The monoisotopic (exact) mass is 726 g/mol. The minimum Gasteiger partial charge on any atom is -0.508 e. The van der Waals surface area contributed by atoms with Crippen LogP contribution < -0.4 is 15.0 Å². The third kappa shape index (κ3) is 6.99. The molecule has 0 aliphatic carbocycles. The van der Waals surface area contributed by atoms with Gasteiger partial charge in [-0.05, 0) is 108 Å². The van der Waals surface area contributed by atoms with Crippen molar-refractivity contribution in [3.8, 4) is 11.5 Å². The van der Waals surface area contributed by atoms with Crippen molar-refractivity contribution in [2.24, 2.45) is 11.8 Å². The molecule has 8 rings (SSSR count). The Morgan fingerprint density at radius 2 is 1.44 bits per heavy atom. The van der Waals surface area contributed by atoms with Crippen molar-refractivity contribution in [2.45, 2.75) is 44.9 Å². The molecule has 10 nitrogen and oxygen atoms in total. The van der Waals surface area contributed by atoms with Gasteiger partial charge >= 0.3 is 0 Å². The predicted molar refractivity (Wildman–Crippen MR) is 207 cm³/mol. The van der Waals surface area contributed by atoms with Crippen molar-refractivity contribution in [2.75, 3.05) is 44.2 Å². The van der Waals surface area contributed by atoms with Gasteiger partial charge in [0.05, 0.1) is 17.7 Å². The summed E-state index contributed by atoms with van der Waals surface area (Å²) in [5.74, 6) is 0.747. The standard InChI is InChI=1S/C44H46N4O6/c1-2-36(28-7-4-3-5-8-28)41(29-9-14-34(49)15-10-29)30-11-16-35(17-12-30)54-22-6-21-46-24-31-26-47(27-32(31)25-46)33-13-18-37-38(23-33)44(53)48(43(37)52)39-19-20-40(50)45-42(39)51/h3-5,7-18,23,31-32,39-40,49-50H,2,6,19-22,24-27H2,1H3,(H,45,51)/b41-36-. The van der Waals surface area contributed by atoms with Crippen LogP contribution in [0, 0.1) is 11.8 Å². The van der Waals surface area contributed by atoms with Gasteiger partial charge < -0.3 is 30.1 Å². The van der Waals surface area contributed by atoms with E-state index >= 15 is 0 Å². The first kappa shape index (κ1) is 35.6. The Morgan fingerprint density at radius 3 is 2.11 bits per heavy atom. The lowest BCUT2D eigenvalue weighted by Crippen LogP contribution is -2.55. The van der Waals surface area contributed by atoms with Gasteiger partial charge in [0.2, 0.25) is 5.91 Å².